The van der Waals surface area contributed by atoms with Gasteiger partial charge in [-0.25, -0.2) is 13.3 Å². The van der Waals surface area contributed by atoms with Crippen molar-refractivity contribution in [2.45, 2.75) is 24.8 Å². The topological polar surface area (TPSA) is 96.2 Å². The summed E-state index contributed by atoms with van der Waals surface area (Å²) in [4.78, 5) is 13.0. The summed E-state index contributed by atoms with van der Waals surface area (Å²) in [5, 5.41) is 11.5. The summed E-state index contributed by atoms with van der Waals surface area (Å²) in [5.74, 6) is -0.986. The Kier molecular flexibility index (Phi) is 7.09. The SMILES string of the molecule is C=CC1COc2c(cn(C)c2C(=O)Nc2ccc(F)c(C#N)c2)S(=O)N1.CC. The van der Waals surface area contributed by atoms with Gasteiger partial charge in [0, 0.05) is 18.9 Å². The highest BCUT2D eigenvalue weighted by Gasteiger charge is 2.29. The first-order valence-electron chi connectivity index (χ1n) is 8.58. The van der Waals surface area contributed by atoms with Crippen molar-refractivity contribution in [3.05, 3.63) is 54.1 Å². The fourth-order valence-corrected chi connectivity index (χ4v) is 3.66. The van der Waals surface area contributed by atoms with E-state index >= 15 is 0 Å². The molecule has 1 aromatic heterocycles. The second kappa shape index (κ2) is 9.30. The highest BCUT2D eigenvalue weighted by molar-refractivity contribution is 7.83. The van der Waals surface area contributed by atoms with Crippen molar-refractivity contribution >= 4 is 22.6 Å². The van der Waals surface area contributed by atoms with Gasteiger partial charge in [0.25, 0.3) is 5.91 Å². The molecule has 0 aliphatic carbocycles. The second-order valence-corrected chi connectivity index (χ2v) is 6.80. The maximum absolute atomic E-state index is 13.4. The van der Waals surface area contributed by atoms with Gasteiger partial charge in [-0.15, -0.1) is 6.58 Å². The van der Waals surface area contributed by atoms with Crippen LogP contribution in [0.1, 0.15) is 29.9 Å². The van der Waals surface area contributed by atoms with E-state index in [2.05, 4.69) is 16.6 Å². The Morgan fingerprint density at radius 3 is 2.89 bits per heavy atom. The molecular weight excluding hydrogens is 383 g/mol. The number of rotatable bonds is 3. The van der Waals surface area contributed by atoms with Gasteiger partial charge in [0.05, 0.1) is 11.6 Å². The van der Waals surface area contributed by atoms with Gasteiger partial charge < -0.3 is 14.6 Å². The lowest BCUT2D eigenvalue weighted by molar-refractivity contribution is 0.101. The average molecular weight is 404 g/mol. The van der Waals surface area contributed by atoms with E-state index in [4.69, 9.17) is 10.00 Å². The molecule has 2 aromatic rings. The van der Waals surface area contributed by atoms with E-state index in [1.165, 1.54) is 16.7 Å². The molecule has 2 unspecified atom stereocenters. The number of halogens is 1. The number of nitrogens with zero attached hydrogens (tertiary/aromatic N) is 2. The Hall–Kier alpha value is -2.96. The summed E-state index contributed by atoms with van der Waals surface area (Å²) >= 11 is 0. The highest BCUT2D eigenvalue weighted by Crippen LogP contribution is 2.31. The standard InChI is InChI=1S/C17H15FN4O3S.C2H6/c1-3-11-9-25-16-14(26(24)21-11)8-22(2)15(16)17(23)20-12-4-5-13(18)10(6-12)7-19;1-2/h3-6,8,11,21H,1,9H2,2H3,(H,20,23);1-2H3. The molecule has 1 aliphatic heterocycles. The predicted octanol–water partition coefficient (Wildman–Crippen LogP) is 2.87. The lowest BCUT2D eigenvalue weighted by Crippen LogP contribution is -2.31. The molecule has 2 atom stereocenters. The van der Waals surface area contributed by atoms with Gasteiger partial charge in [0.1, 0.15) is 34.4 Å². The van der Waals surface area contributed by atoms with Gasteiger partial charge in [-0.2, -0.15) is 5.26 Å². The summed E-state index contributed by atoms with van der Waals surface area (Å²) in [7, 11) is 0.0626. The molecule has 28 heavy (non-hydrogen) atoms. The number of nitrogens with one attached hydrogen (secondary N) is 2. The van der Waals surface area contributed by atoms with Crippen LogP contribution in [0.15, 0.2) is 41.9 Å². The number of anilines is 1. The molecule has 3 rings (SSSR count). The Morgan fingerprint density at radius 2 is 2.25 bits per heavy atom. The third-order valence-corrected chi connectivity index (χ3v) is 5.02. The van der Waals surface area contributed by atoms with Crippen LogP contribution in [0.2, 0.25) is 0 Å². The zero-order valence-electron chi connectivity index (χ0n) is 15.8. The molecular formula is C19H21FN4O3S. The Morgan fingerprint density at radius 1 is 1.54 bits per heavy atom. The minimum Gasteiger partial charge on any atom is -0.488 e. The second-order valence-electron chi connectivity index (χ2n) is 5.58. The highest BCUT2D eigenvalue weighted by atomic mass is 32.2. The molecule has 0 saturated carbocycles. The fraction of sp³-hybridized carbons (Fsp3) is 0.263. The van der Waals surface area contributed by atoms with Gasteiger partial charge in [-0.1, -0.05) is 19.9 Å². The number of carbonyl (C=O) groups excluding carboxylic acids is 1. The number of aryl methyl sites for hydroxylation is 1. The minimum atomic E-state index is -1.56. The maximum atomic E-state index is 13.4. The first kappa shape index (κ1) is 21.3. The minimum absolute atomic E-state index is 0.168. The quantitative estimate of drug-likeness (QED) is 0.769. The lowest BCUT2D eigenvalue weighted by atomic mass is 10.2. The Balaban J connectivity index is 0.00000136. The number of hydrogen-bond donors (Lipinski definition) is 2. The van der Waals surface area contributed by atoms with Crippen LogP contribution in [-0.4, -0.2) is 27.3 Å². The summed E-state index contributed by atoms with van der Waals surface area (Å²) in [6.07, 6.45) is 3.12. The predicted molar refractivity (Wildman–Crippen MR) is 105 cm³/mol. The van der Waals surface area contributed by atoms with Crippen molar-refractivity contribution in [1.29, 1.82) is 5.26 Å². The van der Waals surface area contributed by atoms with E-state index in [1.807, 2.05) is 13.8 Å². The van der Waals surface area contributed by atoms with Gasteiger partial charge in [0.15, 0.2) is 11.4 Å². The summed E-state index contributed by atoms with van der Waals surface area (Å²) in [5.41, 5.74) is 0.256. The maximum Gasteiger partial charge on any atom is 0.276 e. The van der Waals surface area contributed by atoms with Crippen LogP contribution >= 0.6 is 0 Å². The molecule has 0 bridgehead atoms. The van der Waals surface area contributed by atoms with Crippen LogP contribution in [0.25, 0.3) is 0 Å². The number of carbonyl (C=O) groups is 1. The normalized spacial score (nSPS) is 17.7. The van der Waals surface area contributed by atoms with Crippen molar-refractivity contribution in [2.24, 2.45) is 7.05 Å². The van der Waals surface area contributed by atoms with E-state index in [9.17, 15) is 13.4 Å². The number of nitriles is 1. The Labute approximate surface area is 165 Å². The van der Waals surface area contributed by atoms with E-state index in [-0.39, 0.29) is 35.3 Å². The number of ether oxygens (including phenoxy) is 1. The average Bonchev–Trinajstić information content (AvgIpc) is 2.96. The molecule has 0 radical (unpaired) electrons. The first-order chi connectivity index (χ1) is 13.4. The van der Waals surface area contributed by atoms with Gasteiger partial charge in [-0.05, 0) is 18.2 Å². The van der Waals surface area contributed by atoms with Crippen LogP contribution < -0.4 is 14.8 Å². The van der Waals surface area contributed by atoms with Gasteiger partial charge in [0.2, 0.25) is 0 Å². The molecule has 7 nitrogen and oxygen atoms in total. The van der Waals surface area contributed by atoms with Crippen molar-refractivity contribution < 1.29 is 18.1 Å². The lowest BCUT2D eigenvalue weighted by Gasteiger charge is -2.12. The third-order valence-electron chi connectivity index (χ3n) is 3.81. The summed E-state index contributed by atoms with van der Waals surface area (Å²) in [6, 6.07) is 5.09. The van der Waals surface area contributed by atoms with Crippen LogP contribution in [0, 0.1) is 17.1 Å². The molecule has 0 fully saturated rings. The molecule has 2 heterocycles. The largest absolute Gasteiger partial charge is 0.488 e. The Bertz CT molecular complexity index is 965. The number of hydrogen-bond acceptors (Lipinski definition) is 4. The smallest absolute Gasteiger partial charge is 0.276 e. The molecule has 0 saturated heterocycles. The van der Waals surface area contributed by atoms with E-state index in [0.29, 0.717) is 4.90 Å². The summed E-state index contributed by atoms with van der Waals surface area (Å²) < 4.78 is 35.8. The van der Waals surface area contributed by atoms with Crippen LogP contribution in [0.5, 0.6) is 5.75 Å². The molecule has 1 aliphatic rings. The molecule has 1 aromatic carbocycles. The zero-order valence-corrected chi connectivity index (χ0v) is 16.6. The van der Waals surface area contributed by atoms with Crippen molar-refractivity contribution in [3.8, 4) is 11.8 Å². The number of aromatic nitrogens is 1. The third kappa shape index (κ3) is 4.30. The zero-order chi connectivity index (χ0) is 20.8. The molecule has 2 N–H and O–H groups in total. The van der Waals surface area contributed by atoms with Crippen LogP contribution in [0.4, 0.5) is 10.1 Å². The number of amides is 1. The molecule has 148 valence electrons. The van der Waals surface area contributed by atoms with E-state index < -0.39 is 22.7 Å². The first-order valence-corrected chi connectivity index (χ1v) is 9.73. The van der Waals surface area contributed by atoms with E-state index in [1.54, 1.807) is 25.4 Å². The molecule has 0 spiro atoms. The summed E-state index contributed by atoms with van der Waals surface area (Å²) in [6.45, 7) is 7.81. The van der Waals surface area contributed by atoms with Crippen LogP contribution in [-0.2, 0) is 18.0 Å². The van der Waals surface area contributed by atoms with Gasteiger partial charge >= 0.3 is 0 Å². The van der Waals surface area contributed by atoms with Crippen LogP contribution in [0.3, 0.4) is 0 Å². The monoisotopic (exact) mass is 404 g/mol. The van der Waals surface area contributed by atoms with Gasteiger partial charge in [-0.3, -0.25) is 4.79 Å². The van der Waals surface area contributed by atoms with Crippen molar-refractivity contribution in [1.82, 2.24) is 9.29 Å². The number of benzene rings is 1. The fourth-order valence-electron chi connectivity index (χ4n) is 2.51. The van der Waals surface area contributed by atoms with E-state index in [0.717, 1.165) is 6.07 Å². The molecule has 9 heteroatoms. The molecule has 1 amide bonds. The number of fused-ring (bicyclic) bond motifs is 1. The van der Waals surface area contributed by atoms with Crippen molar-refractivity contribution in [2.75, 3.05) is 11.9 Å². The van der Waals surface area contributed by atoms with Crippen molar-refractivity contribution in [3.63, 3.8) is 0 Å².